The Morgan fingerprint density at radius 3 is 2.68 bits per heavy atom. The van der Waals surface area contributed by atoms with E-state index in [1.807, 2.05) is 13.8 Å². The van der Waals surface area contributed by atoms with Gasteiger partial charge in [-0.3, -0.25) is 14.3 Å². The van der Waals surface area contributed by atoms with Crippen molar-refractivity contribution >= 4 is 22.3 Å². The average molecular weight is 288 g/mol. The highest BCUT2D eigenvalue weighted by Gasteiger charge is 2.25. The normalized spacial score (nSPS) is 14.1. The van der Waals surface area contributed by atoms with Crippen molar-refractivity contribution in [2.24, 2.45) is 0 Å². The third-order valence-electron chi connectivity index (χ3n) is 2.80. The Bertz CT molecular complexity index is 487. The minimum Gasteiger partial charge on any atom is -0.362 e. The molecule has 2 unspecified atom stereocenters. The molecule has 0 amide bonds. The lowest BCUT2D eigenvalue weighted by molar-refractivity contribution is -0.384. The van der Waals surface area contributed by atoms with Crippen molar-refractivity contribution in [2.75, 3.05) is 17.3 Å². The summed E-state index contributed by atoms with van der Waals surface area (Å²) in [5, 5.41) is 18.3. The average Bonchev–Trinajstić information content (AvgIpc) is 2.62. The summed E-state index contributed by atoms with van der Waals surface area (Å²) in [5.41, 5.74) is 0.423. The van der Waals surface area contributed by atoms with Crippen LogP contribution in [0.5, 0.6) is 0 Å². The van der Waals surface area contributed by atoms with Gasteiger partial charge in [0.15, 0.2) is 0 Å². The van der Waals surface area contributed by atoms with Gasteiger partial charge >= 0.3 is 5.69 Å². The Morgan fingerprint density at radius 1 is 1.58 bits per heavy atom. The summed E-state index contributed by atoms with van der Waals surface area (Å²) in [6.07, 6.45) is 2.34. The summed E-state index contributed by atoms with van der Waals surface area (Å²) in [5.74, 6) is 1.00. The molecule has 7 nitrogen and oxygen atoms in total. The first-order valence-corrected chi connectivity index (χ1v) is 7.87. The van der Waals surface area contributed by atoms with Crippen molar-refractivity contribution in [1.82, 2.24) is 9.78 Å². The molecule has 108 valence electrons. The minimum absolute atomic E-state index is 0.00370. The Hall–Kier alpha value is -1.44. The molecule has 0 spiro atoms. The molecule has 1 N–H and O–H groups in total. The molecule has 0 radical (unpaired) electrons. The second kappa shape index (κ2) is 6.65. The van der Waals surface area contributed by atoms with Gasteiger partial charge in [-0.1, -0.05) is 0 Å². The smallest absolute Gasteiger partial charge is 0.333 e. The predicted molar refractivity (Wildman–Crippen MR) is 75.9 cm³/mol. The van der Waals surface area contributed by atoms with Crippen molar-refractivity contribution in [1.29, 1.82) is 0 Å². The van der Waals surface area contributed by atoms with Crippen molar-refractivity contribution < 1.29 is 9.13 Å². The highest BCUT2D eigenvalue weighted by atomic mass is 32.2. The van der Waals surface area contributed by atoms with Crippen LogP contribution in [0.1, 0.15) is 26.0 Å². The van der Waals surface area contributed by atoms with Crippen LogP contribution in [0.2, 0.25) is 0 Å². The van der Waals surface area contributed by atoms with Gasteiger partial charge in [0, 0.05) is 35.4 Å². The molecule has 19 heavy (non-hydrogen) atoms. The van der Waals surface area contributed by atoms with Crippen LogP contribution in [0, 0.1) is 17.0 Å². The highest BCUT2D eigenvalue weighted by molar-refractivity contribution is 7.84. The Balaban J connectivity index is 2.92. The summed E-state index contributed by atoms with van der Waals surface area (Å²) in [7, 11) is -0.857. The summed E-state index contributed by atoms with van der Waals surface area (Å²) in [6, 6.07) is 0.00370. The summed E-state index contributed by atoms with van der Waals surface area (Å²) >= 11 is 0. The molecule has 0 aliphatic heterocycles. The number of nitro groups is 1. The Labute approximate surface area is 115 Å². The molecule has 1 aromatic rings. The van der Waals surface area contributed by atoms with Crippen LogP contribution in [0.3, 0.4) is 0 Å². The maximum atomic E-state index is 11.1. The lowest BCUT2D eigenvalue weighted by Gasteiger charge is -2.14. The standard InChI is InChI=1S/C11H20N4O3S/c1-5-14-11(10(15(16)17)9(3)13-14)12-8(2)6-7-19(4)18/h8,12H,5-7H2,1-4H3. The van der Waals surface area contributed by atoms with Gasteiger partial charge in [0.2, 0.25) is 5.82 Å². The van der Waals surface area contributed by atoms with Gasteiger partial charge in [-0.15, -0.1) is 0 Å². The van der Waals surface area contributed by atoms with Crippen LogP contribution < -0.4 is 5.32 Å². The predicted octanol–water partition coefficient (Wildman–Crippen LogP) is 1.69. The van der Waals surface area contributed by atoms with Gasteiger partial charge in [0.05, 0.1) is 4.92 Å². The molecule has 8 heteroatoms. The highest BCUT2D eigenvalue weighted by Crippen LogP contribution is 2.28. The molecule has 0 aliphatic carbocycles. The minimum atomic E-state index is -0.857. The van der Waals surface area contributed by atoms with E-state index in [1.54, 1.807) is 17.9 Å². The second-order valence-corrected chi connectivity index (χ2v) is 6.02. The van der Waals surface area contributed by atoms with Gasteiger partial charge in [-0.05, 0) is 27.2 Å². The van der Waals surface area contributed by atoms with E-state index in [0.29, 0.717) is 30.2 Å². The van der Waals surface area contributed by atoms with E-state index in [2.05, 4.69) is 10.4 Å². The number of rotatable bonds is 7. The Morgan fingerprint density at radius 2 is 2.21 bits per heavy atom. The lowest BCUT2D eigenvalue weighted by Crippen LogP contribution is -2.20. The Kier molecular flexibility index (Phi) is 5.46. The van der Waals surface area contributed by atoms with Crippen LogP contribution >= 0.6 is 0 Å². The molecule has 2 atom stereocenters. The first kappa shape index (κ1) is 15.6. The van der Waals surface area contributed by atoms with E-state index < -0.39 is 15.7 Å². The SMILES string of the molecule is CCn1nc(C)c([N+](=O)[O-])c1NC(C)CCS(C)=O. The zero-order valence-corrected chi connectivity index (χ0v) is 12.5. The number of hydrogen-bond donors (Lipinski definition) is 1. The van der Waals surface area contributed by atoms with Gasteiger partial charge in [-0.2, -0.15) is 5.10 Å². The molecule has 0 aromatic carbocycles. The molecule has 1 rings (SSSR count). The van der Waals surface area contributed by atoms with E-state index >= 15 is 0 Å². The number of nitrogens with zero attached hydrogens (tertiary/aromatic N) is 3. The molecule has 1 aromatic heterocycles. The molecule has 1 heterocycles. The fourth-order valence-corrected chi connectivity index (χ4v) is 2.50. The van der Waals surface area contributed by atoms with Crippen molar-refractivity contribution in [3.8, 4) is 0 Å². The fourth-order valence-electron chi connectivity index (χ4n) is 1.81. The molecule has 0 saturated heterocycles. The number of anilines is 1. The third-order valence-corrected chi connectivity index (χ3v) is 3.61. The van der Waals surface area contributed by atoms with E-state index in [0.717, 1.165) is 0 Å². The number of aryl methyl sites for hydroxylation is 2. The van der Waals surface area contributed by atoms with E-state index in [9.17, 15) is 14.3 Å². The van der Waals surface area contributed by atoms with Crippen LogP contribution in [0.4, 0.5) is 11.5 Å². The largest absolute Gasteiger partial charge is 0.362 e. The molecular formula is C11H20N4O3S. The molecule has 0 aliphatic rings. The molecule has 0 saturated carbocycles. The van der Waals surface area contributed by atoms with Gasteiger partial charge in [0.1, 0.15) is 5.69 Å². The quantitative estimate of drug-likeness (QED) is 0.609. The van der Waals surface area contributed by atoms with Gasteiger partial charge < -0.3 is 5.32 Å². The van der Waals surface area contributed by atoms with Crippen LogP contribution in [0.25, 0.3) is 0 Å². The zero-order chi connectivity index (χ0) is 14.6. The van der Waals surface area contributed by atoms with Crippen molar-refractivity contribution in [3.63, 3.8) is 0 Å². The van der Waals surface area contributed by atoms with Crippen LogP contribution in [-0.2, 0) is 17.3 Å². The third kappa shape index (κ3) is 4.02. The monoisotopic (exact) mass is 288 g/mol. The molecule has 0 bridgehead atoms. The topological polar surface area (TPSA) is 90.1 Å². The first-order valence-electron chi connectivity index (χ1n) is 6.15. The number of nitrogens with one attached hydrogen (secondary N) is 1. The summed E-state index contributed by atoms with van der Waals surface area (Å²) in [4.78, 5) is 10.7. The molecule has 0 fully saturated rings. The van der Waals surface area contributed by atoms with Crippen LogP contribution in [-0.4, -0.2) is 37.0 Å². The van der Waals surface area contributed by atoms with E-state index in [-0.39, 0.29) is 11.7 Å². The van der Waals surface area contributed by atoms with E-state index in [1.165, 1.54) is 0 Å². The number of aromatic nitrogens is 2. The maximum absolute atomic E-state index is 11.1. The van der Waals surface area contributed by atoms with Crippen LogP contribution in [0.15, 0.2) is 0 Å². The zero-order valence-electron chi connectivity index (χ0n) is 11.7. The molecular weight excluding hydrogens is 268 g/mol. The fraction of sp³-hybridized carbons (Fsp3) is 0.727. The lowest BCUT2D eigenvalue weighted by atomic mass is 10.2. The van der Waals surface area contributed by atoms with Crippen molar-refractivity contribution in [3.05, 3.63) is 15.8 Å². The van der Waals surface area contributed by atoms with Gasteiger partial charge in [-0.25, -0.2) is 4.68 Å². The van der Waals surface area contributed by atoms with Crippen molar-refractivity contribution in [2.45, 2.75) is 39.8 Å². The maximum Gasteiger partial charge on any atom is 0.333 e. The first-order chi connectivity index (χ1) is 8.86. The number of hydrogen-bond acceptors (Lipinski definition) is 5. The van der Waals surface area contributed by atoms with E-state index in [4.69, 9.17) is 0 Å². The summed E-state index contributed by atoms with van der Waals surface area (Å²) < 4.78 is 12.7. The summed E-state index contributed by atoms with van der Waals surface area (Å²) in [6.45, 7) is 5.98. The second-order valence-electron chi connectivity index (χ2n) is 4.47. The van der Waals surface area contributed by atoms with Gasteiger partial charge in [0.25, 0.3) is 0 Å².